The maximum Gasteiger partial charge on any atom is 0.485 e. The van der Waals surface area contributed by atoms with Crippen LogP contribution in [0.1, 0.15) is 15.9 Å². The van der Waals surface area contributed by atoms with Crippen LogP contribution in [0.25, 0.3) is 21.8 Å². The number of nitrogens with zero attached hydrogens (tertiary/aromatic N) is 1. The molecule has 36 heavy (non-hydrogen) atoms. The van der Waals surface area contributed by atoms with E-state index in [0.29, 0.717) is 28.9 Å². The number of ether oxygens (including phenoxy) is 2. The van der Waals surface area contributed by atoms with Crippen molar-refractivity contribution in [2.24, 2.45) is 7.05 Å². The Kier molecular flexibility index (Phi) is 7.70. The zero-order valence-corrected chi connectivity index (χ0v) is 19.8. The molecule has 0 saturated carbocycles. The minimum Gasteiger partial charge on any atom is -0.741 e. The molecule has 0 aliphatic rings. The third-order valence-corrected chi connectivity index (χ3v) is 5.75. The Morgan fingerprint density at radius 1 is 0.972 bits per heavy atom. The number of carboxylic acids is 1. The van der Waals surface area contributed by atoms with Crippen LogP contribution >= 0.6 is 0 Å². The number of carbonyl (C=O) groups is 1. The Hall–Kier alpha value is -3.90. The highest BCUT2D eigenvalue weighted by Crippen LogP contribution is 2.30. The summed E-state index contributed by atoms with van der Waals surface area (Å²) in [6.45, 7) is 0.419. The van der Waals surface area contributed by atoms with E-state index in [2.05, 4.69) is 0 Å². The lowest BCUT2D eigenvalue weighted by atomic mass is 10.0. The van der Waals surface area contributed by atoms with E-state index in [0.717, 1.165) is 16.6 Å². The van der Waals surface area contributed by atoms with E-state index in [1.807, 2.05) is 66.2 Å². The summed E-state index contributed by atoms with van der Waals surface area (Å²) >= 11 is 0. The van der Waals surface area contributed by atoms with Gasteiger partial charge in [-0.25, -0.2) is 13.2 Å². The number of aryl methyl sites for hydroxylation is 1. The van der Waals surface area contributed by atoms with Crippen LogP contribution in [-0.2, 0) is 23.8 Å². The molecule has 190 valence electrons. The minimum atomic E-state index is -6.09. The highest BCUT2D eigenvalue weighted by Gasteiger charge is 2.37. The lowest BCUT2D eigenvalue weighted by molar-refractivity contribution is -0.617. The molecule has 0 bridgehead atoms. The van der Waals surface area contributed by atoms with Crippen molar-refractivity contribution in [2.75, 3.05) is 7.11 Å². The number of alkyl halides is 3. The second kappa shape index (κ2) is 10.4. The Bertz CT molecular complexity index is 1520. The maximum atomic E-state index is 12.1. The van der Waals surface area contributed by atoms with Gasteiger partial charge in [0.05, 0.1) is 23.4 Å². The van der Waals surface area contributed by atoms with Gasteiger partial charge < -0.3 is 19.1 Å². The lowest BCUT2D eigenvalue weighted by Gasteiger charge is -2.11. The first-order valence-electron chi connectivity index (χ1n) is 10.2. The maximum absolute atomic E-state index is 12.1. The van der Waals surface area contributed by atoms with Crippen molar-refractivity contribution in [1.82, 2.24) is 0 Å². The fourth-order valence-electron chi connectivity index (χ4n) is 3.48. The van der Waals surface area contributed by atoms with Crippen molar-refractivity contribution < 1.29 is 50.1 Å². The molecule has 0 saturated heterocycles. The molecule has 0 atom stereocenters. The van der Waals surface area contributed by atoms with Crippen molar-refractivity contribution in [1.29, 1.82) is 0 Å². The number of carboxylic acid groups (broad SMARTS) is 1. The monoisotopic (exact) mass is 523 g/mol. The number of halogens is 3. The molecule has 12 heteroatoms. The van der Waals surface area contributed by atoms with Crippen molar-refractivity contribution in [3.63, 3.8) is 0 Å². The van der Waals surface area contributed by atoms with Gasteiger partial charge in [-0.2, -0.15) is 17.7 Å². The molecule has 1 aromatic heterocycles. The van der Waals surface area contributed by atoms with E-state index < -0.39 is 21.6 Å². The summed E-state index contributed by atoms with van der Waals surface area (Å²) in [5.74, 6) is 0.260. The molecule has 0 amide bonds. The number of hydrogen-bond acceptors (Lipinski definition) is 6. The minimum absolute atomic E-state index is 0.243. The highest BCUT2D eigenvalue weighted by atomic mass is 32.2. The quantitative estimate of drug-likeness (QED) is 0.181. The zero-order chi connectivity index (χ0) is 26.7. The molecule has 0 aliphatic heterocycles. The molecule has 0 fully saturated rings. The van der Waals surface area contributed by atoms with Crippen LogP contribution in [0.3, 0.4) is 0 Å². The highest BCUT2D eigenvalue weighted by molar-refractivity contribution is 7.86. The number of aromatic carboxylic acids is 1. The van der Waals surface area contributed by atoms with Crippen LogP contribution in [-0.4, -0.2) is 36.7 Å². The summed E-state index contributed by atoms with van der Waals surface area (Å²) in [6, 6.07) is 20.9. The van der Waals surface area contributed by atoms with Crippen molar-refractivity contribution in [3.05, 3.63) is 77.9 Å². The number of hydrogen-bond donors (Lipinski definition) is 1. The average Bonchev–Trinajstić information content (AvgIpc) is 2.82. The molecule has 0 unspecified atom stereocenters. The average molecular weight is 523 g/mol. The molecule has 0 aliphatic carbocycles. The summed E-state index contributed by atoms with van der Waals surface area (Å²) < 4.78 is 72.1. The molecule has 8 nitrogen and oxygen atoms in total. The molecule has 0 spiro atoms. The summed E-state index contributed by atoms with van der Waals surface area (Å²) in [5, 5.41) is 11.2. The fourth-order valence-corrected chi connectivity index (χ4v) is 3.48. The van der Waals surface area contributed by atoms with Crippen LogP contribution in [0.2, 0.25) is 0 Å². The van der Waals surface area contributed by atoms with Crippen molar-refractivity contribution in [3.8, 4) is 11.5 Å². The van der Waals surface area contributed by atoms with Crippen LogP contribution in [0.4, 0.5) is 13.2 Å². The molecule has 3 aromatic carbocycles. The number of rotatable bonds is 5. The van der Waals surface area contributed by atoms with Gasteiger partial charge in [-0.1, -0.05) is 30.3 Å². The summed E-state index contributed by atoms with van der Waals surface area (Å²) in [7, 11) is -2.60. The normalized spacial score (nSPS) is 11.6. The second-order valence-electron chi connectivity index (χ2n) is 7.48. The second-order valence-corrected chi connectivity index (χ2v) is 8.85. The van der Waals surface area contributed by atoms with Gasteiger partial charge in [0.15, 0.2) is 10.1 Å². The van der Waals surface area contributed by atoms with E-state index >= 15 is 0 Å². The number of fused-ring (bicyclic) bond motifs is 2. The van der Waals surface area contributed by atoms with Crippen molar-refractivity contribution >= 4 is 37.9 Å². The smallest absolute Gasteiger partial charge is 0.485 e. The number of aromatic nitrogens is 1. The lowest BCUT2D eigenvalue weighted by Crippen LogP contribution is -2.31. The third-order valence-electron chi connectivity index (χ3n) is 5.18. The molecular formula is C24H20F3NO7S. The van der Waals surface area contributed by atoms with Gasteiger partial charge in [0.2, 0.25) is 11.0 Å². The predicted molar refractivity (Wildman–Crippen MR) is 123 cm³/mol. The summed E-state index contributed by atoms with van der Waals surface area (Å²) in [4.78, 5) is 12.1. The fraction of sp³-hybridized carbons (Fsp3) is 0.167. The van der Waals surface area contributed by atoms with Gasteiger partial charge in [0, 0.05) is 12.1 Å². The SMILES string of the molecule is COc1ccc2c(c1)c(C(=O)O)c1cc(OCc3ccccc3)ccc1[n+]2C.O=S(=O)([O-])C(F)(F)F. The van der Waals surface area contributed by atoms with Crippen LogP contribution < -0.4 is 14.0 Å². The van der Waals surface area contributed by atoms with E-state index in [1.165, 1.54) is 0 Å². The van der Waals surface area contributed by atoms with Crippen molar-refractivity contribution in [2.45, 2.75) is 12.1 Å². The van der Waals surface area contributed by atoms with Gasteiger partial charge in [-0.05, 0) is 29.8 Å². The van der Waals surface area contributed by atoms with Crippen LogP contribution in [0.15, 0.2) is 66.7 Å². The van der Waals surface area contributed by atoms with E-state index in [1.54, 1.807) is 19.2 Å². The van der Waals surface area contributed by atoms with Crippen LogP contribution in [0.5, 0.6) is 11.5 Å². The Balaban J connectivity index is 0.000000392. The first-order valence-corrected chi connectivity index (χ1v) is 11.6. The van der Waals surface area contributed by atoms with Gasteiger partial charge in [-0.15, -0.1) is 0 Å². The Morgan fingerprint density at radius 2 is 1.47 bits per heavy atom. The summed E-state index contributed by atoms with van der Waals surface area (Å²) in [6.07, 6.45) is 0. The molecule has 0 radical (unpaired) electrons. The topological polar surface area (TPSA) is 117 Å². The standard InChI is InChI=1S/C23H19NO4.CHF3O3S/c1-24-20-10-8-16(27-2)12-18(20)22(23(25)26)19-13-17(9-11-21(19)24)28-14-15-6-4-3-5-7-15;2-1(3,4)8(5,6)7/h3-13H,14H2,1-2H3;(H,5,6,7). The van der Waals surface area contributed by atoms with E-state index in [-0.39, 0.29) is 5.56 Å². The molecule has 1 heterocycles. The number of pyridine rings is 1. The summed E-state index contributed by atoms with van der Waals surface area (Å²) in [5.41, 5.74) is -2.71. The van der Waals surface area contributed by atoms with E-state index in [9.17, 15) is 23.1 Å². The van der Waals surface area contributed by atoms with Gasteiger partial charge in [0.25, 0.3) is 0 Å². The molecular weight excluding hydrogens is 503 g/mol. The third kappa shape index (κ3) is 5.83. The zero-order valence-electron chi connectivity index (χ0n) is 18.9. The molecule has 1 N–H and O–H groups in total. The largest absolute Gasteiger partial charge is 0.741 e. The Labute approximate surface area is 203 Å². The predicted octanol–water partition coefficient (Wildman–Crippen LogP) is 4.15. The number of methoxy groups -OCH3 is 1. The van der Waals surface area contributed by atoms with Gasteiger partial charge >= 0.3 is 11.5 Å². The van der Waals surface area contributed by atoms with Crippen LogP contribution in [0, 0.1) is 0 Å². The van der Waals surface area contributed by atoms with Gasteiger partial charge in [-0.3, -0.25) is 0 Å². The number of benzene rings is 3. The first-order chi connectivity index (χ1) is 16.8. The Morgan fingerprint density at radius 3 is 1.94 bits per heavy atom. The van der Waals surface area contributed by atoms with E-state index in [4.69, 9.17) is 22.4 Å². The molecule has 4 aromatic rings. The first kappa shape index (κ1) is 26.7. The molecule has 4 rings (SSSR count). The van der Waals surface area contributed by atoms with Gasteiger partial charge in [0.1, 0.15) is 25.2 Å².